The second-order valence-electron chi connectivity index (χ2n) is 4.11. The minimum absolute atomic E-state index is 0.0961. The van der Waals surface area contributed by atoms with Gasteiger partial charge in [-0.2, -0.15) is 0 Å². The summed E-state index contributed by atoms with van der Waals surface area (Å²) in [6.07, 6.45) is 0. The van der Waals surface area contributed by atoms with Crippen molar-refractivity contribution in [2.24, 2.45) is 5.92 Å². The van der Waals surface area contributed by atoms with Crippen molar-refractivity contribution in [2.75, 3.05) is 18.6 Å². The Labute approximate surface area is 118 Å². The lowest BCUT2D eigenvalue weighted by Gasteiger charge is -2.09. The van der Waals surface area contributed by atoms with Crippen LogP contribution in [0.1, 0.15) is 13.8 Å². The average Bonchev–Trinajstić information content (AvgIpc) is 2.44. The molecule has 1 atom stereocenters. The largest absolute Gasteiger partial charge is 0.469 e. The maximum absolute atomic E-state index is 11.6. The summed E-state index contributed by atoms with van der Waals surface area (Å²) in [5.74, 6) is 0.275. The average molecular weight is 302 g/mol. The molecule has 0 heterocycles. The normalized spacial score (nSPS) is 13.0. The molecule has 0 aromatic heterocycles. The Hall–Kier alpha value is -1.01. The van der Waals surface area contributed by atoms with Gasteiger partial charge in [-0.05, 0) is 24.3 Å². The molecule has 0 saturated heterocycles. The number of thioether (sulfide) groups is 1. The van der Waals surface area contributed by atoms with Gasteiger partial charge in [-0.1, -0.05) is 13.8 Å². The molecule has 19 heavy (non-hydrogen) atoms. The zero-order chi connectivity index (χ0) is 14.5. The summed E-state index contributed by atoms with van der Waals surface area (Å²) in [5.41, 5.74) is 0. The number of sulfone groups is 1. The van der Waals surface area contributed by atoms with Crippen molar-refractivity contribution < 1.29 is 17.9 Å². The predicted molar refractivity (Wildman–Crippen MR) is 76.1 cm³/mol. The van der Waals surface area contributed by atoms with Gasteiger partial charge >= 0.3 is 5.97 Å². The number of hydrogen-bond acceptors (Lipinski definition) is 5. The van der Waals surface area contributed by atoms with Crippen LogP contribution in [0.3, 0.4) is 0 Å². The maximum atomic E-state index is 11.6. The molecular weight excluding hydrogens is 284 g/mol. The molecule has 0 fully saturated rings. The second kappa shape index (κ2) is 6.96. The third kappa shape index (κ3) is 4.54. The van der Waals surface area contributed by atoms with E-state index in [9.17, 15) is 13.2 Å². The van der Waals surface area contributed by atoms with Crippen LogP contribution in [-0.4, -0.2) is 33.0 Å². The highest BCUT2D eigenvalue weighted by atomic mass is 32.2. The standard InChI is InChI=1S/C13H18O4S2/c1-4-19(15,16)12-7-5-11(6-8-12)18-9-10(2)13(14)17-3/h5-8,10H,4,9H2,1-3H3. The molecule has 1 unspecified atom stereocenters. The zero-order valence-corrected chi connectivity index (χ0v) is 12.9. The Bertz CT molecular complexity index is 520. The molecule has 0 saturated carbocycles. The third-order valence-corrected chi connectivity index (χ3v) is 5.69. The molecule has 0 aliphatic carbocycles. The molecule has 1 aromatic rings. The van der Waals surface area contributed by atoms with Crippen molar-refractivity contribution in [3.63, 3.8) is 0 Å². The van der Waals surface area contributed by atoms with Crippen LogP contribution in [0.25, 0.3) is 0 Å². The van der Waals surface area contributed by atoms with Gasteiger partial charge in [0.2, 0.25) is 0 Å². The highest BCUT2D eigenvalue weighted by Crippen LogP contribution is 2.23. The molecule has 0 aliphatic rings. The minimum Gasteiger partial charge on any atom is -0.469 e. The third-order valence-electron chi connectivity index (χ3n) is 2.67. The number of ether oxygens (including phenoxy) is 1. The lowest BCUT2D eigenvalue weighted by Crippen LogP contribution is -2.14. The van der Waals surface area contributed by atoms with Gasteiger partial charge in [0.25, 0.3) is 0 Å². The molecule has 0 aliphatic heterocycles. The Morgan fingerprint density at radius 2 is 1.89 bits per heavy atom. The van der Waals surface area contributed by atoms with Gasteiger partial charge in [0.15, 0.2) is 9.84 Å². The first-order valence-corrected chi connectivity index (χ1v) is 8.58. The minimum atomic E-state index is -3.15. The lowest BCUT2D eigenvalue weighted by molar-refractivity contribution is -0.143. The van der Waals surface area contributed by atoms with E-state index in [1.807, 2.05) is 0 Å². The van der Waals surface area contributed by atoms with E-state index in [-0.39, 0.29) is 17.6 Å². The quantitative estimate of drug-likeness (QED) is 0.596. The molecule has 0 amide bonds. The fourth-order valence-electron chi connectivity index (χ4n) is 1.40. The number of methoxy groups -OCH3 is 1. The smallest absolute Gasteiger partial charge is 0.309 e. The summed E-state index contributed by atoms with van der Waals surface area (Å²) in [5, 5.41) is 0. The van der Waals surface area contributed by atoms with E-state index < -0.39 is 9.84 Å². The fourth-order valence-corrected chi connectivity index (χ4v) is 3.19. The van der Waals surface area contributed by atoms with Crippen molar-refractivity contribution in [3.05, 3.63) is 24.3 Å². The van der Waals surface area contributed by atoms with Gasteiger partial charge in [0.1, 0.15) is 0 Å². The van der Waals surface area contributed by atoms with E-state index in [2.05, 4.69) is 4.74 Å². The van der Waals surface area contributed by atoms with Crippen LogP contribution in [0.4, 0.5) is 0 Å². The summed E-state index contributed by atoms with van der Waals surface area (Å²) in [6.45, 7) is 3.42. The van der Waals surface area contributed by atoms with Gasteiger partial charge in [-0.15, -0.1) is 11.8 Å². The molecular formula is C13H18O4S2. The van der Waals surface area contributed by atoms with Crippen molar-refractivity contribution >= 4 is 27.6 Å². The number of rotatable bonds is 6. The molecule has 0 bridgehead atoms. The van der Waals surface area contributed by atoms with E-state index in [4.69, 9.17) is 0 Å². The maximum Gasteiger partial charge on any atom is 0.309 e. The van der Waals surface area contributed by atoms with Crippen LogP contribution < -0.4 is 0 Å². The first-order chi connectivity index (χ1) is 8.90. The Morgan fingerprint density at radius 3 is 2.37 bits per heavy atom. The van der Waals surface area contributed by atoms with Crippen LogP contribution >= 0.6 is 11.8 Å². The van der Waals surface area contributed by atoms with Gasteiger partial charge in [0.05, 0.1) is 23.7 Å². The topological polar surface area (TPSA) is 60.4 Å². The van der Waals surface area contributed by atoms with Crippen molar-refractivity contribution in [3.8, 4) is 0 Å². The Balaban J connectivity index is 2.66. The van der Waals surface area contributed by atoms with Crippen LogP contribution in [0, 0.1) is 5.92 Å². The zero-order valence-electron chi connectivity index (χ0n) is 11.3. The monoisotopic (exact) mass is 302 g/mol. The van der Waals surface area contributed by atoms with Gasteiger partial charge in [0, 0.05) is 10.6 Å². The van der Waals surface area contributed by atoms with Gasteiger partial charge < -0.3 is 4.74 Å². The number of benzene rings is 1. The SMILES string of the molecule is CCS(=O)(=O)c1ccc(SCC(C)C(=O)OC)cc1. The van der Waals surface area contributed by atoms with E-state index in [1.54, 1.807) is 38.1 Å². The number of esters is 1. The van der Waals surface area contributed by atoms with E-state index in [1.165, 1.54) is 18.9 Å². The van der Waals surface area contributed by atoms with E-state index in [0.29, 0.717) is 10.6 Å². The summed E-state index contributed by atoms with van der Waals surface area (Å²) < 4.78 is 27.9. The lowest BCUT2D eigenvalue weighted by atomic mass is 10.2. The Kier molecular flexibility index (Phi) is 5.87. The second-order valence-corrected chi connectivity index (χ2v) is 7.48. The molecule has 1 rings (SSSR count). The summed E-state index contributed by atoms with van der Waals surface area (Å²) in [4.78, 5) is 12.5. The number of hydrogen-bond donors (Lipinski definition) is 0. The first kappa shape index (κ1) is 16.0. The van der Waals surface area contributed by atoms with E-state index in [0.717, 1.165) is 4.90 Å². The van der Waals surface area contributed by atoms with Crippen molar-refractivity contribution in [2.45, 2.75) is 23.6 Å². The Morgan fingerprint density at radius 1 is 1.32 bits per heavy atom. The summed E-state index contributed by atoms with van der Waals surface area (Å²) >= 11 is 1.50. The molecule has 4 nitrogen and oxygen atoms in total. The predicted octanol–water partition coefficient (Wildman–Crippen LogP) is 2.38. The van der Waals surface area contributed by atoms with Crippen molar-refractivity contribution in [1.29, 1.82) is 0 Å². The fraction of sp³-hybridized carbons (Fsp3) is 0.462. The highest BCUT2D eigenvalue weighted by molar-refractivity contribution is 7.99. The van der Waals surface area contributed by atoms with Gasteiger partial charge in [-0.25, -0.2) is 8.42 Å². The van der Waals surface area contributed by atoms with E-state index >= 15 is 0 Å². The molecule has 0 radical (unpaired) electrons. The van der Waals surface area contributed by atoms with Crippen LogP contribution in [0.5, 0.6) is 0 Å². The number of carbonyl (C=O) groups excluding carboxylic acids is 1. The van der Waals surface area contributed by atoms with Crippen LogP contribution in [0.15, 0.2) is 34.1 Å². The van der Waals surface area contributed by atoms with Gasteiger partial charge in [-0.3, -0.25) is 4.79 Å². The number of carbonyl (C=O) groups is 1. The molecule has 0 spiro atoms. The molecule has 1 aromatic carbocycles. The summed E-state index contributed by atoms with van der Waals surface area (Å²) in [7, 11) is -1.78. The van der Waals surface area contributed by atoms with Crippen LogP contribution in [-0.2, 0) is 19.4 Å². The summed E-state index contributed by atoms with van der Waals surface area (Å²) in [6, 6.07) is 6.72. The van der Waals surface area contributed by atoms with Crippen molar-refractivity contribution in [1.82, 2.24) is 0 Å². The van der Waals surface area contributed by atoms with Crippen LogP contribution in [0.2, 0.25) is 0 Å². The molecule has 6 heteroatoms. The molecule has 0 N–H and O–H groups in total. The first-order valence-electron chi connectivity index (χ1n) is 5.94. The molecule has 106 valence electrons. The highest BCUT2D eigenvalue weighted by Gasteiger charge is 2.14.